The summed E-state index contributed by atoms with van der Waals surface area (Å²) in [5, 5.41) is 20.6. The number of hydrogen-bond acceptors (Lipinski definition) is 10. The monoisotopic (exact) mass is 462 g/mol. The molecule has 31 heavy (non-hydrogen) atoms. The molecule has 2 saturated heterocycles. The minimum Gasteiger partial charge on any atom is -0.480 e. The molecule has 1 aromatic heterocycles. The first kappa shape index (κ1) is 23.8. The first-order valence-corrected chi connectivity index (χ1v) is 11.1. The number of carboxylic acids is 1. The molecule has 3 rings (SSSR count). The molecular formula is C17H27N4O9P. The number of rotatable bonds is 8. The standard InChI is InChI=1S/C17H27N4O9P/c1-10(14(22)23)21(6-4-8-27-3)31(26)28-9-11-13(30-31)17(2,25)15(29-11)20-7-5-12(18)19-16(20)24/h5,7,10-11,13,15,25H,4,6,8-9H2,1-3H3,(H,22,23)(H2,18,19,24)/t10-,11+,13+,15+,17+,31?/m0/s1. The SMILES string of the molecule is COCCCN([C@@H](C)C(=O)O)P1(=O)OC[C@H]2O[C@@H](n3ccc(N)nc3=O)[C@](C)(O)[C@@H]2O1. The van der Waals surface area contributed by atoms with Crippen molar-refractivity contribution in [2.24, 2.45) is 0 Å². The number of methoxy groups -OCH3 is 1. The summed E-state index contributed by atoms with van der Waals surface area (Å²) in [6, 6.07) is 0.183. The summed E-state index contributed by atoms with van der Waals surface area (Å²) >= 11 is 0. The first-order valence-electron chi connectivity index (χ1n) is 9.65. The van der Waals surface area contributed by atoms with E-state index >= 15 is 0 Å². The van der Waals surface area contributed by atoms with Gasteiger partial charge in [0.05, 0.1) is 6.61 Å². The van der Waals surface area contributed by atoms with Crippen LogP contribution in [0.3, 0.4) is 0 Å². The maximum absolute atomic E-state index is 13.6. The van der Waals surface area contributed by atoms with Gasteiger partial charge in [-0.25, -0.2) is 9.36 Å². The molecule has 0 aliphatic carbocycles. The number of carboxylic acid groups (broad SMARTS) is 1. The van der Waals surface area contributed by atoms with Crippen LogP contribution in [-0.4, -0.2) is 81.1 Å². The summed E-state index contributed by atoms with van der Waals surface area (Å²) in [7, 11) is -2.64. The summed E-state index contributed by atoms with van der Waals surface area (Å²) in [5.74, 6) is -1.21. The molecule has 2 aliphatic heterocycles. The molecule has 0 spiro atoms. The first-order chi connectivity index (χ1) is 14.5. The molecule has 6 atom stereocenters. The molecule has 174 valence electrons. The Bertz CT molecular complexity index is 923. The van der Waals surface area contributed by atoms with Gasteiger partial charge in [0.15, 0.2) is 6.23 Å². The Morgan fingerprint density at radius 3 is 2.90 bits per heavy atom. The summed E-state index contributed by atoms with van der Waals surface area (Å²) in [4.78, 5) is 27.4. The van der Waals surface area contributed by atoms with E-state index in [-0.39, 0.29) is 19.0 Å². The lowest BCUT2D eigenvalue weighted by Gasteiger charge is -2.40. The number of ether oxygens (including phenoxy) is 2. The van der Waals surface area contributed by atoms with E-state index in [4.69, 9.17) is 24.3 Å². The second kappa shape index (κ2) is 8.94. The highest BCUT2D eigenvalue weighted by molar-refractivity contribution is 7.51. The zero-order valence-electron chi connectivity index (χ0n) is 17.4. The van der Waals surface area contributed by atoms with E-state index in [1.165, 1.54) is 33.2 Å². The van der Waals surface area contributed by atoms with E-state index in [0.717, 1.165) is 9.24 Å². The quantitative estimate of drug-likeness (QED) is 0.343. The fraction of sp³-hybridized carbons (Fsp3) is 0.706. The van der Waals surface area contributed by atoms with Gasteiger partial charge in [0.25, 0.3) is 0 Å². The average Bonchev–Trinajstić information content (AvgIpc) is 2.95. The van der Waals surface area contributed by atoms with Crippen LogP contribution >= 0.6 is 7.75 Å². The van der Waals surface area contributed by atoms with Gasteiger partial charge in [-0.2, -0.15) is 9.65 Å². The second-order valence-corrected chi connectivity index (χ2v) is 9.53. The zero-order valence-corrected chi connectivity index (χ0v) is 18.3. The van der Waals surface area contributed by atoms with Crippen molar-refractivity contribution in [2.45, 2.75) is 50.3 Å². The highest BCUT2D eigenvalue weighted by Crippen LogP contribution is 2.60. The number of nitrogens with two attached hydrogens (primary N) is 1. The van der Waals surface area contributed by atoms with Crippen molar-refractivity contribution < 1.29 is 38.1 Å². The highest BCUT2D eigenvalue weighted by Gasteiger charge is 2.61. The lowest BCUT2D eigenvalue weighted by Crippen LogP contribution is -2.51. The number of anilines is 1. The third-order valence-corrected chi connectivity index (χ3v) is 7.47. The fourth-order valence-electron chi connectivity index (χ4n) is 3.65. The molecule has 2 aliphatic rings. The van der Waals surface area contributed by atoms with Gasteiger partial charge >= 0.3 is 19.4 Å². The van der Waals surface area contributed by atoms with Gasteiger partial charge in [-0.05, 0) is 26.3 Å². The number of aromatic nitrogens is 2. The molecular weight excluding hydrogens is 435 g/mol. The van der Waals surface area contributed by atoms with Gasteiger partial charge < -0.3 is 25.4 Å². The number of aliphatic carboxylic acids is 1. The van der Waals surface area contributed by atoms with Gasteiger partial charge in [-0.15, -0.1) is 0 Å². The van der Waals surface area contributed by atoms with Crippen molar-refractivity contribution in [3.8, 4) is 0 Å². The van der Waals surface area contributed by atoms with Crippen LogP contribution in [-0.2, 0) is 27.9 Å². The van der Waals surface area contributed by atoms with E-state index in [0.29, 0.717) is 13.0 Å². The maximum Gasteiger partial charge on any atom is 0.409 e. The molecule has 14 heteroatoms. The zero-order chi connectivity index (χ0) is 23.0. The number of fused-ring (bicyclic) bond motifs is 1. The normalized spacial score (nSPS) is 33.9. The van der Waals surface area contributed by atoms with E-state index in [1.807, 2.05) is 0 Å². The minimum absolute atomic E-state index is 0.00903. The summed E-state index contributed by atoms with van der Waals surface area (Å²) < 4.78 is 37.7. The van der Waals surface area contributed by atoms with E-state index in [1.54, 1.807) is 0 Å². The Balaban J connectivity index is 1.88. The highest BCUT2D eigenvalue weighted by atomic mass is 31.2. The number of carbonyl (C=O) groups is 1. The Morgan fingerprint density at radius 1 is 1.58 bits per heavy atom. The van der Waals surface area contributed by atoms with E-state index in [2.05, 4.69) is 4.98 Å². The van der Waals surface area contributed by atoms with Crippen LogP contribution in [0.25, 0.3) is 0 Å². The number of aliphatic hydroxyl groups is 1. The van der Waals surface area contributed by atoms with Gasteiger partial charge in [0.1, 0.15) is 29.7 Å². The minimum atomic E-state index is -4.13. The van der Waals surface area contributed by atoms with Crippen molar-refractivity contribution >= 4 is 19.5 Å². The third kappa shape index (κ3) is 4.53. The van der Waals surface area contributed by atoms with Crippen LogP contribution in [0.5, 0.6) is 0 Å². The largest absolute Gasteiger partial charge is 0.480 e. The molecule has 0 bridgehead atoms. The topological polar surface area (TPSA) is 176 Å². The fourth-order valence-corrected chi connectivity index (χ4v) is 5.86. The Kier molecular flexibility index (Phi) is 6.87. The number of nitrogens with zero attached hydrogens (tertiary/aromatic N) is 3. The van der Waals surface area contributed by atoms with Gasteiger partial charge in [-0.3, -0.25) is 18.4 Å². The molecule has 2 fully saturated rings. The summed E-state index contributed by atoms with van der Waals surface area (Å²) in [6.45, 7) is 2.86. The molecule has 1 unspecified atom stereocenters. The lowest BCUT2D eigenvalue weighted by molar-refractivity contribution is -0.142. The molecule has 13 nitrogen and oxygen atoms in total. The Labute approximate surface area is 178 Å². The molecule has 0 amide bonds. The molecule has 0 radical (unpaired) electrons. The van der Waals surface area contributed by atoms with Crippen molar-refractivity contribution in [1.29, 1.82) is 0 Å². The Morgan fingerprint density at radius 2 is 2.29 bits per heavy atom. The van der Waals surface area contributed by atoms with Crippen molar-refractivity contribution in [3.05, 3.63) is 22.7 Å². The lowest BCUT2D eigenvalue weighted by atomic mass is 9.96. The van der Waals surface area contributed by atoms with Crippen LogP contribution in [0, 0.1) is 0 Å². The maximum atomic E-state index is 13.6. The molecule has 4 N–H and O–H groups in total. The van der Waals surface area contributed by atoms with Crippen LogP contribution in [0.15, 0.2) is 17.1 Å². The smallest absolute Gasteiger partial charge is 0.409 e. The van der Waals surface area contributed by atoms with Gasteiger partial charge in [0.2, 0.25) is 0 Å². The average molecular weight is 462 g/mol. The number of hydrogen-bond donors (Lipinski definition) is 3. The molecule has 0 aromatic carbocycles. The second-order valence-electron chi connectivity index (χ2n) is 7.61. The Hall–Kier alpha value is -1.86. The summed E-state index contributed by atoms with van der Waals surface area (Å²) in [6.07, 6.45) is -1.52. The van der Waals surface area contributed by atoms with Crippen molar-refractivity contribution in [1.82, 2.24) is 14.2 Å². The third-order valence-electron chi connectivity index (χ3n) is 5.32. The van der Waals surface area contributed by atoms with Crippen LogP contribution < -0.4 is 11.4 Å². The van der Waals surface area contributed by atoms with Crippen LogP contribution in [0.1, 0.15) is 26.5 Å². The van der Waals surface area contributed by atoms with Crippen LogP contribution in [0.2, 0.25) is 0 Å². The predicted octanol–water partition coefficient (Wildman–Crippen LogP) is -0.191. The summed E-state index contributed by atoms with van der Waals surface area (Å²) in [5.41, 5.74) is 2.96. The van der Waals surface area contributed by atoms with Crippen LogP contribution in [0.4, 0.5) is 5.82 Å². The van der Waals surface area contributed by atoms with Gasteiger partial charge in [-0.1, -0.05) is 0 Å². The van der Waals surface area contributed by atoms with E-state index < -0.39 is 49.5 Å². The van der Waals surface area contributed by atoms with E-state index in [9.17, 15) is 24.4 Å². The van der Waals surface area contributed by atoms with Crippen molar-refractivity contribution in [3.63, 3.8) is 0 Å². The molecule has 3 heterocycles. The van der Waals surface area contributed by atoms with Crippen molar-refractivity contribution in [2.75, 3.05) is 32.6 Å². The molecule has 0 saturated carbocycles. The predicted molar refractivity (Wildman–Crippen MR) is 106 cm³/mol. The van der Waals surface area contributed by atoms with Gasteiger partial charge in [0, 0.05) is 26.5 Å². The molecule has 1 aromatic rings. The number of nitrogen functional groups attached to an aromatic ring is 1.